The summed E-state index contributed by atoms with van der Waals surface area (Å²) in [7, 11) is 1.94. The van der Waals surface area contributed by atoms with E-state index in [1.54, 1.807) is 0 Å². The van der Waals surface area contributed by atoms with Crippen LogP contribution in [0.25, 0.3) is 11.1 Å². The van der Waals surface area contributed by atoms with Crippen LogP contribution in [0.3, 0.4) is 0 Å². The topological polar surface area (TPSA) is 21.3 Å². The molecule has 0 fully saturated rings. The Bertz CT molecular complexity index is 537. The Hall–Kier alpha value is -1.51. The van der Waals surface area contributed by atoms with Gasteiger partial charge in [0.15, 0.2) is 0 Å². The summed E-state index contributed by atoms with van der Waals surface area (Å²) in [5.74, 6) is 0.892. The van der Waals surface area contributed by atoms with Crippen LogP contribution in [0.1, 0.15) is 12.5 Å². The monoisotopic (exact) mass is 275 g/mol. The van der Waals surface area contributed by atoms with Crippen molar-refractivity contribution in [3.05, 3.63) is 53.1 Å². The maximum absolute atomic E-state index is 6.10. The normalized spacial score (nSPS) is 10.5. The van der Waals surface area contributed by atoms with Gasteiger partial charge >= 0.3 is 0 Å². The van der Waals surface area contributed by atoms with Crippen molar-refractivity contribution in [1.82, 2.24) is 5.32 Å². The predicted molar refractivity (Wildman–Crippen MR) is 80.8 cm³/mol. The van der Waals surface area contributed by atoms with Crippen molar-refractivity contribution in [2.75, 3.05) is 13.7 Å². The van der Waals surface area contributed by atoms with Crippen molar-refractivity contribution in [3.8, 4) is 16.9 Å². The Kier molecular flexibility index (Phi) is 4.83. The van der Waals surface area contributed by atoms with E-state index >= 15 is 0 Å². The number of rotatable bonds is 5. The van der Waals surface area contributed by atoms with Gasteiger partial charge < -0.3 is 10.1 Å². The molecule has 0 spiro atoms. The van der Waals surface area contributed by atoms with Gasteiger partial charge in [-0.2, -0.15) is 0 Å². The summed E-state index contributed by atoms with van der Waals surface area (Å²) in [5.41, 5.74) is 3.54. The molecule has 0 heterocycles. The molecule has 0 radical (unpaired) electrons. The largest absolute Gasteiger partial charge is 0.494 e. The molecule has 2 nitrogen and oxygen atoms in total. The minimum atomic E-state index is 0.682. The van der Waals surface area contributed by atoms with Gasteiger partial charge in [-0.3, -0.25) is 0 Å². The SMILES string of the molecule is CCOc1ccc(-c2cc(Cl)ccc2CNC)cc1. The zero-order chi connectivity index (χ0) is 13.7. The lowest BCUT2D eigenvalue weighted by Crippen LogP contribution is -2.06. The minimum Gasteiger partial charge on any atom is -0.494 e. The van der Waals surface area contributed by atoms with Crippen LogP contribution in [-0.4, -0.2) is 13.7 Å². The number of halogens is 1. The third-order valence-corrected chi connectivity index (χ3v) is 3.15. The van der Waals surface area contributed by atoms with Gasteiger partial charge in [0.05, 0.1) is 6.61 Å². The highest BCUT2D eigenvalue weighted by Gasteiger charge is 2.06. The van der Waals surface area contributed by atoms with Crippen LogP contribution < -0.4 is 10.1 Å². The Morgan fingerprint density at radius 1 is 1.11 bits per heavy atom. The number of ether oxygens (including phenoxy) is 1. The van der Waals surface area contributed by atoms with Gasteiger partial charge in [-0.1, -0.05) is 29.8 Å². The first kappa shape index (κ1) is 13.9. The number of hydrogen-bond donors (Lipinski definition) is 1. The Labute approximate surface area is 119 Å². The minimum absolute atomic E-state index is 0.682. The molecule has 0 saturated carbocycles. The van der Waals surface area contributed by atoms with Gasteiger partial charge in [0.2, 0.25) is 0 Å². The lowest BCUT2D eigenvalue weighted by Gasteiger charge is -2.11. The number of benzene rings is 2. The van der Waals surface area contributed by atoms with Crippen LogP contribution in [0.5, 0.6) is 5.75 Å². The van der Waals surface area contributed by atoms with E-state index in [9.17, 15) is 0 Å². The van der Waals surface area contributed by atoms with Crippen LogP contribution in [0.2, 0.25) is 5.02 Å². The van der Waals surface area contributed by atoms with Crippen molar-refractivity contribution < 1.29 is 4.74 Å². The quantitative estimate of drug-likeness (QED) is 0.886. The van der Waals surface area contributed by atoms with Gasteiger partial charge in [-0.15, -0.1) is 0 Å². The molecule has 19 heavy (non-hydrogen) atoms. The van der Waals surface area contributed by atoms with Gasteiger partial charge in [-0.05, 0) is 54.9 Å². The van der Waals surface area contributed by atoms with Crippen LogP contribution in [-0.2, 0) is 6.54 Å². The fourth-order valence-electron chi connectivity index (χ4n) is 2.06. The molecule has 0 unspecified atom stereocenters. The summed E-state index contributed by atoms with van der Waals surface area (Å²) in [6, 6.07) is 14.1. The lowest BCUT2D eigenvalue weighted by molar-refractivity contribution is 0.340. The Morgan fingerprint density at radius 2 is 1.84 bits per heavy atom. The summed E-state index contributed by atoms with van der Waals surface area (Å²) in [6.07, 6.45) is 0. The number of nitrogens with one attached hydrogen (secondary N) is 1. The highest BCUT2D eigenvalue weighted by Crippen LogP contribution is 2.28. The number of hydrogen-bond acceptors (Lipinski definition) is 2. The molecule has 100 valence electrons. The zero-order valence-electron chi connectivity index (χ0n) is 11.2. The third kappa shape index (κ3) is 3.49. The average Bonchev–Trinajstić information content (AvgIpc) is 2.42. The van der Waals surface area contributed by atoms with Crippen LogP contribution in [0, 0.1) is 0 Å². The molecule has 0 bridgehead atoms. The lowest BCUT2D eigenvalue weighted by atomic mass is 9.99. The summed E-state index contributed by atoms with van der Waals surface area (Å²) in [4.78, 5) is 0. The van der Waals surface area contributed by atoms with Crippen molar-refractivity contribution in [2.45, 2.75) is 13.5 Å². The van der Waals surface area contributed by atoms with E-state index in [1.807, 2.05) is 38.2 Å². The van der Waals surface area contributed by atoms with Crippen LogP contribution >= 0.6 is 11.6 Å². The first-order valence-electron chi connectivity index (χ1n) is 6.41. The highest BCUT2D eigenvalue weighted by molar-refractivity contribution is 6.30. The van der Waals surface area contributed by atoms with Gasteiger partial charge in [-0.25, -0.2) is 0 Å². The molecule has 2 aromatic carbocycles. The van der Waals surface area contributed by atoms with Crippen LogP contribution in [0.4, 0.5) is 0 Å². The standard InChI is InChI=1S/C16H18ClNO/c1-3-19-15-8-5-12(6-9-15)16-10-14(17)7-4-13(16)11-18-2/h4-10,18H,3,11H2,1-2H3. The Balaban J connectivity index is 2.36. The summed E-state index contributed by atoms with van der Waals surface area (Å²) < 4.78 is 5.46. The maximum Gasteiger partial charge on any atom is 0.119 e. The highest BCUT2D eigenvalue weighted by atomic mass is 35.5. The molecule has 0 aliphatic carbocycles. The smallest absolute Gasteiger partial charge is 0.119 e. The van der Waals surface area contributed by atoms with E-state index in [4.69, 9.17) is 16.3 Å². The van der Waals surface area contributed by atoms with Crippen molar-refractivity contribution in [2.24, 2.45) is 0 Å². The summed E-state index contributed by atoms with van der Waals surface area (Å²) in [6.45, 7) is 3.48. The molecule has 0 saturated heterocycles. The first-order chi connectivity index (χ1) is 9.24. The second-order valence-electron chi connectivity index (χ2n) is 4.29. The van der Waals surface area contributed by atoms with E-state index in [2.05, 4.69) is 23.5 Å². The van der Waals surface area contributed by atoms with E-state index in [0.717, 1.165) is 28.4 Å². The second-order valence-corrected chi connectivity index (χ2v) is 4.73. The van der Waals surface area contributed by atoms with Crippen molar-refractivity contribution in [3.63, 3.8) is 0 Å². The average molecular weight is 276 g/mol. The van der Waals surface area contributed by atoms with Gasteiger partial charge in [0.1, 0.15) is 5.75 Å². The fourth-order valence-corrected chi connectivity index (χ4v) is 2.23. The summed E-state index contributed by atoms with van der Waals surface area (Å²) >= 11 is 6.10. The molecule has 0 aromatic heterocycles. The maximum atomic E-state index is 6.10. The van der Waals surface area contributed by atoms with E-state index in [0.29, 0.717) is 6.61 Å². The van der Waals surface area contributed by atoms with Crippen LogP contribution in [0.15, 0.2) is 42.5 Å². The molecule has 2 aromatic rings. The van der Waals surface area contributed by atoms with E-state index < -0.39 is 0 Å². The predicted octanol–water partition coefficient (Wildman–Crippen LogP) is 4.13. The molecule has 0 atom stereocenters. The molecule has 0 amide bonds. The summed E-state index contributed by atoms with van der Waals surface area (Å²) in [5, 5.41) is 3.93. The van der Waals surface area contributed by atoms with Crippen molar-refractivity contribution in [1.29, 1.82) is 0 Å². The molecular formula is C16H18ClNO. The second kappa shape index (κ2) is 6.60. The third-order valence-electron chi connectivity index (χ3n) is 2.92. The first-order valence-corrected chi connectivity index (χ1v) is 6.78. The van der Waals surface area contributed by atoms with E-state index in [-0.39, 0.29) is 0 Å². The van der Waals surface area contributed by atoms with E-state index in [1.165, 1.54) is 5.56 Å². The van der Waals surface area contributed by atoms with Gasteiger partial charge in [0.25, 0.3) is 0 Å². The van der Waals surface area contributed by atoms with Crippen molar-refractivity contribution >= 4 is 11.6 Å². The Morgan fingerprint density at radius 3 is 2.47 bits per heavy atom. The molecule has 0 aliphatic heterocycles. The molecule has 2 rings (SSSR count). The molecule has 1 N–H and O–H groups in total. The fraction of sp³-hybridized carbons (Fsp3) is 0.250. The molecule has 0 aliphatic rings. The molecule has 3 heteroatoms. The van der Waals surface area contributed by atoms with Gasteiger partial charge in [0, 0.05) is 11.6 Å². The zero-order valence-corrected chi connectivity index (χ0v) is 12.0. The molecular weight excluding hydrogens is 258 g/mol.